The standard InChI is InChI=1S/C21H24N2O2.ClH/c22-13-15-9-11-23(12-10-15)21(24)25-14-20-18-7-3-1-5-16(18)17-6-2-4-8-19(17)20;/h1-8,15,20H,9-14,22H2;1H. The number of nitrogens with two attached hydrogens (primary N) is 1. The van der Waals surface area contributed by atoms with E-state index in [9.17, 15) is 4.79 Å². The fraction of sp³-hybridized carbons (Fsp3) is 0.381. The van der Waals surface area contributed by atoms with Crippen molar-refractivity contribution in [2.45, 2.75) is 18.8 Å². The Balaban J connectivity index is 0.00000196. The minimum Gasteiger partial charge on any atom is -0.448 e. The van der Waals surface area contributed by atoms with Crippen molar-refractivity contribution in [1.82, 2.24) is 4.90 Å². The maximum absolute atomic E-state index is 12.4. The monoisotopic (exact) mass is 372 g/mol. The van der Waals surface area contributed by atoms with Gasteiger partial charge in [-0.25, -0.2) is 4.79 Å². The van der Waals surface area contributed by atoms with Gasteiger partial charge >= 0.3 is 6.09 Å². The van der Waals surface area contributed by atoms with Crippen LogP contribution in [-0.4, -0.2) is 37.2 Å². The fourth-order valence-electron chi connectivity index (χ4n) is 4.04. The van der Waals surface area contributed by atoms with E-state index in [0.717, 1.165) is 25.9 Å². The summed E-state index contributed by atoms with van der Waals surface area (Å²) in [5, 5.41) is 0. The number of carbonyl (C=O) groups excluding carboxylic acids is 1. The van der Waals surface area contributed by atoms with Crippen molar-refractivity contribution in [1.29, 1.82) is 0 Å². The van der Waals surface area contributed by atoms with Crippen molar-refractivity contribution in [3.8, 4) is 11.1 Å². The predicted octanol–water partition coefficient (Wildman–Crippen LogP) is 4.03. The van der Waals surface area contributed by atoms with E-state index >= 15 is 0 Å². The molecule has 26 heavy (non-hydrogen) atoms. The molecule has 2 aromatic rings. The topological polar surface area (TPSA) is 55.6 Å². The summed E-state index contributed by atoms with van der Waals surface area (Å²) in [7, 11) is 0. The Bertz CT molecular complexity index is 727. The average molecular weight is 373 g/mol. The third kappa shape index (κ3) is 3.44. The summed E-state index contributed by atoms with van der Waals surface area (Å²) < 4.78 is 5.70. The number of hydrogen-bond acceptors (Lipinski definition) is 3. The molecule has 2 aliphatic rings. The van der Waals surface area contributed by atoms with Crippen molar-refractivity contribution >= 4 is 18.5 Å². The molecule has 0 unspecified atom stereocenters. The molecule has 1 heterocycles. The molecule has 1 saturated heterocycles. The van der Waals surface area contributed by atoms with E-state index in [1.807, 2.05) is 4.90 Å². The van der Waals surface area contributed by atoms with Crippen molar-refractivity contribution in [3.05, 3.63) is 59.7 Å². The van der Waals surface area contributed by atoms with Gasteiger partial charge in [-0.3, -0.25) is 0 Å². The maximum Gasteiger partial charge on any atom is 0.409 e. The van der Waals surface area contributed by atoms with Crippen LogP contribution in [-0.2, 0) is 4.74 Å². The van der Waals surface area contributed by atoms with E-state index in [4.69, 9.17) is 10.5 Å². The summed E-state index contributed by atoms with van der Waals surface area (Å²) in [5.74, 6) is 0.663. The molecule has 0 spiro atoms. The first-order valence-corrected chi connectivity index (χ1v) is 9.08. The second-order valence-electron chi connectivity index (χ2n) is 6.97. The van der Waals surface area contributed by atoms with Gasteiger partial charge in [-0.05, 0) is 47.6 Å². The number of ether oxygens (including phenoxy) is 1. The quantitative estimate of drug-likeness (QED) is 0.885. The molecule has 0 radical (unpaired) electrons. The number of benzene rings is 2. The van der Waals surface area contributed by atoms with Gasteiger partial charge in [-0.2, -0.15) is 0 Å². The molecule has 0 bridgehead atoms. The van der Waals surface area contributed by atoms with Crippen LogP contribution in [0.15, 0.2) is 48.5 Å². The van der Waals surface area contributed by atoms with Gasteiger partial charge in [0.2, 0.25) is 0 Å². The van der Waals surface area contributed by atoms with Crippen LogP contribution in [0.1, 0.15) is 29.9 Å². The lowest BCUT2D eigenvalue weighted by Crippen LogP contribution is -2.40. The van der Waals surface area contributed by atoms with Crippen LogP contribution in [0.3, 0.4) is 0 Å². The molecule has 4 nitrogen and oxygen atoms in total. The molecular weight excluding hydrogens is 348 g/mol. The molecule has 1 fully saturated rings. The first-order chi connectivity index (χ1) is 12.3. The molecular formula is C21H25ClN2O2. The van der Waals surface area contributed by atoms with E-state index in [-0.39, 0.29) is 24.4 Å². The van der Waals surface area contributed by atoms with Gasteiger partial charge in [0.05, 0.1) is 0 Å². The zero-order chi connectivity index (χ0) is 17.2. The lowest BCUT2D eigenvalue weighted by atomic mass is 9.97. The Labute approximate surface area is 160 Å². The van der Waals surface area contributed by atoms with E-state index in [0.29, 0.717) is 19.1 Å². The summed E-state index contributed by atoms with van der Waals surface area (Å²) in [4.78, 5) is 14.3. The Morgan fingerprint density at radius 3 is 2.08 bits per heavy atom. The van der Waals surface area contributed by atoms with E-state index < -0.39 is 0 Å². The maximum atomic E-state index is 12.4. The van der Waals surface area contributed by atoms with Gasteiger partial charge in [-0.1, -0.05) is 48.5 Å². The van der Waals surface area contributed by atoms with Crippen molar-refractivity contribution in [3.63, 3.8) is 0 Å². The predicted molar refractivity (Wildman–Crippen MR) is 106 cm³/mol. The second kappa shape index (κ2) is 8.11. The van der Waals surface area contributed by atoms with Gasteiger partial charge < -0.3 is 15.4 Å². The number of likely N-dealkylation sites (tertiary alicyclic amines) is 1. The van der Waals surface area contributed by atoms with Gasteiger partial charge in [0.25, 0.3) is 0 Å². The molecule has 0 atom stereocenters. The number of amides is 1. The summed E-state index contributed by atoms with van der Waals surface area (Å²) in [6, 6.07) is 16.8. The molecule has 0 saturated carbocycles. The molecule has 1 aliphatic carbocycles. The molecule has 2 aromatic carbocycles. The highest BCUT2D eigenvalue weighted by Gasteiger charge is 2.30. The number of fused-ring (bicyclic) bond motifs is 3. The minimum absolute atomic E-state index is 0. The zero-order valence-corrected chi connectivity index (χ0v) is 15.6. The van der Waals surface area contributed by atoms with Crippen LogP contribution in [0.25, 0.3) is 11.1 Å². The highest BCUT2D eigenvalue weighted by Crippen LogP contribution is 2.44. The van der Waals surface area contributed by atoms with Gasteiger partial charge in [0, 0.05) is 19.0 Å². The van der Waals surface area contributed by atoms with Crippen molar-refractivity contribution < 1.29 is 9.53 Å². The number of hydrogen-bond donors (Lipinski definition) is 1. The van der Waals surface area contributed by atoms with Gasteiger partial charge in [0.15, 0.2) is 0 Å². The fourth-order valence-corrected chi connectivity index (χ4v) is 4.04. The first kappa shape index (κ1) is 18.7. The second-order valence-corrected chi connectivity index (χ2v) is 6.97. The van der Waals surface area contributed by atoms with Crippen LogP contribution in [0, 0.1) is 5.92 Å². The largest absolute Gasteiger partial charge is 0.448 e. The molecule has 138 valence electrons. The SMILES string of the molecule is Cl.NCC1CCN(C(=O)OCC2c3ccccc3-c3ccccc32)CC1. The first-order valence-electron chi connectivity index (χ1n) is 9.08. The van der Waals surface area contributed by atoms with Gasteiger partial charge in [0.1, 0.15) is 6.61 Å². The van der Waals surface area contributed by atoms with E-state index in [2.05, 4.69) is 48.5 Å². The minimum atomic E-state index is -0.197. The number of nitrogens with zero attached hydrogens (tertiary/aromatic N) is 1. The Morgan fingerprint density at radius 1 is 1.00 bits per heavy atom. The molecule has 2 N–H and O–H groups in total. The highest BCUT2D eigenvalue weighted by atomic mass is 35.5. The summed E-state index contributed by atoms with van der Waals surface area (Å²) in [6.45, 7) is 2.60. The van der Waals surface area contributed by atoms with Crippen LogP contribution in [0.2, 0.25) is 0 Å². The van der Waals surface area contributed by atoms with Crippen LogP contribution in [0.4, 0.5) is 4.79 Å². The van der Waals surface area contributed by atoms with Crippen molar-refractivity contribution in [2.24, 2.45) is 11.7 Å². The van der Waals surface area contributed by atoms with Gasteiger partial charge in [-0.15, -0.1) is 12.4 Å². The Morgan fingerprint density at radius 2 is 1.54 bits per heavy atom. The summed E-state index contributed by atoms with van der Waals surface area (Å²) in [5.41, 5.74) is 10.7. The van der Waals surface area contributed by atoms with E-state index in [1.54, 1.807) is 0 Å². The molecule has 4 rings (SSSR count). The van der Waals surface area contributed by atoms with Crippen LogP contribution >= 0.6 is 12.4 Å². The zero-order valence-electron chi connectivity index (χ0n) is 14.8. The molecule has 1 amide bonds. The Hall–Kier alpha value is -2.04. The third-order valence-electron chi connectivity index (χ3n) is 5.54. The average Bonchev–Trinajstić information content (AvgIpc) is 3.00. The number of carbonyl (C=O) groups is 1. The summed E-state index contributed by atoms with van der Waals surface area (Å²) in [6.07, 6.45) is 1.75. The highest BCUT2D eigenvalue weighted by molar-refractivity contribution is 5.85. The van der Waals surface area contributed by atoms with Crippen LogP contribution in [0.5, 0.6) is 0 Å². The smallest absolute Gasteiger partial charge is 0.409 e. The normalized spacial score (nSPS) is 16.6. The van der Waals surface area contributed by atoms with Crippen molar-refractivity contribution in [2.75, 3.05) is 26.2 Å². The lowest BCUT2D eigenvalue weighted by Gasteiger charge is -2.31. The number of rotatable bonds is 3. The number of piperidine rings is 1. The number of halogens is 1. The molecule has 5 heteroatoms. The lowest BCUT2D eigenvalue weighted by molar-refractivity contribution is 0.0862. The molecule has 1 aliphatic heterocycles. The van der Waals surface area contributed by atoms with E-state index in [1.165, 1.54) is 22.3 Å². The summed E-state index contributed by atoms with van der Waals surface area (Å²) >= 11 is 0. The third-order valence-corrected chi connectivity index (χ3v) is 5.54. The van der Waals surface area contributed by atoms with Crippen LogP contribution < -0.4 is 5.73 Å². The Kier molecular flexibility index (Phi) is 5.84. The molecule has 0 aromatic heterocycles.